The van der Waals surface area contributed by atoms with Crippen molar-refractivity contribution < 1.29 is 14.3 Å². The van der Waals surface area contributed by atoms with Gasteiger partial charge in [0.05, 0.1) is 20.1 Å². The summed E-state index contributed by atoms with van der Waals surface area (Å²) in [5.74, 6) is 1.57. The molecular weight excluding hydrogens is 352 g/mol. The molecule has 0 bridgehead atoms. The zero-order chi connectivity index (χ0) is 18.5. The number of hydrogen-bond donors (Lipinski definition) is 0. The van der Waals surface area contributed by atoms with Crippen LogP contribution in [0.3, 0.4) is 0 Å². The Hall–Kier alpha value is -2.27. The second-order valence-corrected chi connectivity index (χ2v) is 6.92. The van der Waals surface area contributed by atoms with Crippen LogP contribution >= 0.6 is 11.6 Å². The van der Waals surface area contributed by atoms with Gasteiger partial charge >= 0.3 is 0 Å². The minimum Gasteiger partial charge on any atom is -0.496 e. The molecule has 0 N–H and O–H groups in total. The van der Waals surface area contributed by atoms with Crippen molar-refractivity contribution in [2.24, 2.45) is 0 Å². The summed E-state index contributed by atoms with van der Waals surface area (Å²) < 4.78 is 11.3. The molecule has 5 nitrogen and oxygen atoms in total. The predicted octanol–water partition coefficient (Wildman–Crippen LogP) is 3.66. The van der Waals surface area contributed by atoms with E-state index in [0.29, 0.717) is 23.7 Å². The van der Waals surface area contributed by atoms with Gasteiger partial charge in [0.25, 0.3) is 0 Å². The van der Waals surface area contributed by atoms with Crippen LogP contribution in [0, 0.1) is 6.92 Å². The summed E-state index contributed by atoms with van der Waals surface area (Å²) in [6.45, 7) is 3.32. The molecule has 0 spiro atoms. The standard InChI is InChI=1S/C20H23ClN2O3/c1-14-10-15(5-6-18(14)25-2)11-20(24)23-9-3-4-16(13-23)26-19-7-8-22-12-17(19)21/h5-8,10,12,16H,3-4,9,11,13H2,1-2H3. The molecule has 1 fully saturated rings. The molecule has 1 aromatic heterocycles. The summed E-state index contributed by atoms with van der Waals surface area (Å²) in [7, 11) is 1.65. The van der Waals surface area contributed by atoms with Crippen molar-refractivity contribution in [1.29, 1.82) is 0 Å². The first-order valence-electron chi connectivity index (χ1n) is 8.74. The lowest BCUT2D eigenvalue weighted by Gasteiger charge is -2.33. The number of aryl methyl sites for hydroxylation is 1. The number of nitrogens with zero attached hydrogens (tertiary/aromatic N) is 2. The van der Waals surface area contributed by atoms with E-state index in [2.05, 4.69) is 4.98 Å². The first-order valence-corrected chi connectivity index (χ1v) is 9.12. The molecule has 1 aromatic carbocycles. The Bertz CT molecular complexity index is 781. The van der Waals surface area contributed by atoms with Crippen molar-refractivity contribution in [1.82, 2.24) is 9.88 Å². The maximum absolute atomic E-state index is 12.7. The van der Waals surface area contributed by atoms with Gasteiger partial charge in [-0.2, -0.15) is 0 Å². The van der Waals surface area contributed by atoms with Gasteiger partial charge in [0.15, 0.2) is 0 Å². The first kappa shape index (κ1) is 18.5. The van der Waals surface area contributed by atoms with Gasteiger partial charge in [0.1, 0.15) is 22.6 Å². The van der Waals surface area contributed by atoms with Crippen LogP contribution in [0.25, 0.3) is 0 Å². The maximum atomic E-state index is 12.7. The Balaban J connectivity index is 1.61. The maximum Gasteiger partial charge on any atom is 0.227 e. The number of rotatable bonds is 5. The molecule has 0 radical (unpaired) electrons. The summed E-state index contributed by atoms with van der Waals surface area (Å²) in [6.07, 6.45) is 5.37. The molecule has 1 aliphatic rings. The number of benzene rings is 1. The molecule has 0 aliphatic carbocycles. The van der Waals surface area contributed by atoms with Crippen LogP contribution in [-0.2, 0) is 11.2 Å². The van der Waals surface area contributed by atoms with Gasteiger partial charge in [-0.1, -0.05) is 23.7 Å². The van der Waals surface area contributed by atoms with E-state index in [1.54, 1.807) is 25.6 Å². The van der Waals surface area contributed by atoms with Crippen molar-refractivity contribution >= 4 is 17.5 Å². The van der Waals surface area contributed by atoms with Crippen LogP contribution < -0.4 is 9.47 Å². The summed E-state index contributed by atoms with van der Waals surface area (Å²) in [6, 6.07) is 7.61. The molecule has 1 unspecified atom stereocenters. The van der Waals surface area contributed by atoms with Crippen molar-refractivity contribution in [3.8, 4) is 11.5 Å². The Kier molecular flexibility index (Phi) is 5.99. The van der Waals surface area contributed by atoms with Crippen LogP contribution in [0.2, 0.25) is 5.02 Å². The van der Waals surface area contributed by atoms with E-state index in [4.69, 9.17) is 21.1 Å². The molecule has 3 rings (SSSR count). The zero-order valence-corrected chi connectivity index (χ0v) is 15.8. The fraction of sp³-hybridized carbons (Fsp3) is 0.400. The second-order valence-electron chi connectivity index (χ2n) is 6.51. The Labute approximate surface area is 158 Å². The number of halogens is 1. The summed E-state index contributed by atoms with van der Waals surface area (Å²) >= 11 is 6.11. The molecule has 1 aliphatic heterocycles. The number of ether oxygens (including phenoxy) is 2. The van der Waals surface area contributed by atoms with Crippen molar-refractivity contribution in [2.75, 3.05) is 20.2 Å². The average Bonchev–Trinajstić information content (AvgIpc) is 2.64. The number of pyridine rings is 1. The number of methoxy groups -OCH3 is 1. The van der Waals surface area contributed by atoms with E-state index in [1.807, 2.05) is 30.0 Å². The van der Waals surface area contributed by atoms with Gasteiger partial charge in [-0.25, -0.2) is 0 Å². The third-order valence-electron chi connectivity index (χ3n) is 4.57. The molecule has 138 valence electrons. The number of carbonyl (C=O) groups is 1. The minimum absolute atomic E-state index is 0.0507. The summed E-state index contributed by atoms with van der Waals surface area (Å²) in [5, 5.41) is 0.490. The third kappa shape index (κ3) is 4.47. The van der Waals surface area contributed by atoms with E-state index in [-0.39, 0.29) is 12.0 Å². The van der Waals surface area contributed by atoms with Crippen LogP contribution in [0.4, 0.5) is 0 Å². The van der Waals surface area contributed by atoms with Crippen LogP contribution in [-0.4, -0.2) is 42.1 Å². The van der Waals surface area contributed by atoms with E-state index < -0.39 is 0 Å². The second kappa shape index (κ2) is 8.41. The van der Waals surface area contributed by atoms with E-state index >= 15 is 0 Å². The normalized spacial score (nSPS) is 17.0. The molecule has 6 heteroatoms. The molecule has 1 atom stereocenters. The fourth-order valence-corrected chi connectivity index (χ4v) is 3.40. The quantitative estimate of drug-likeness (QED) is 0.801. The number of aromatic nitrogens is 1. The molecule has 2 heterocycles. The monoisotopic (exact) mass is 374 g/mol. The molecular formula is C20H23ClN2O3. The highest BCUT2D eigenvalue weighted by atomic mass is 35.5. The van der Waals surface area contributed by atoms with E-state index in [1.165, 1.54) is 0 Å². The minimum atomic E-state index is -0.0507. The highest BCUT2D eigenvalue weighted by Crippen LogP contribution is 2.26. The third-order valence-corrected chi connectivity index (χ3v) is 4.86. The topological polar surface area (TPSA) is 51.7 Å². The number of piperidine rings is 1. The number of carbonyl (C=O) groups excluding carboxylic acids is 1. The molecule has 1 saturated heterocycles. The number of amides is 1. The highest BCUT2D eigenvalue weighted by molar-refractivity contribution is 6.31. The number of likely N-dealkylation sites (tertiary alicyclic amines) is 1. The highest BCUT2D eigenvalue weighted by Gasteiger charge is 2.25. The lowest BCUT2D eigenvalue weighted by atomic mass is 10.0. The lowest BCUT2D eigenvalue weighted by Crippen LogP contribution is -2.45. The van der Waals surface area contributed by atoms with E-state index in [9.17, 15) is 4.79 Å². The van der Waals surface area contributed by atoms with Gasteiger partial charge in [-0.3, -0.25) is 9.78 Å². The van der Waals surface area contributed by atoms with Crippen molar-refractivity contribution in [3.05, 3.63) is 52.8 Å². The Morgan fingerprint density at radius 1 is 1.35 bits per heavy atom. The molecule has 2 aromatic rings. The average molecular weight is 375 g/mol. The fourth-order valence-electron chi connectivity index (χ4n) is 3.24. The zero-order valence-electron chi connectivity index (χ0n) is 15.1. The first-order chi connectivity index (χ1) is 12.6. The largest absolute Gasteiger partial charge is 0.496 e. The Morgan fingerprint density at radius 3 is 2.92 bits per heavy atom. The lowest BCUT2D eigenvalue weighted by molar-refractivity contribution is -0.133. The Morgan fingerprint density at radius 2 is 2.19 bits per heavy atom. The van der Waals surface area contributed by atoms with Crippen LogP contribution in [0.5, 0.6) is 11.5 Å². The van der Waals surface area contributed by atoms with Gasteiger partial charge in [-0.05, 0) is 37.0 Å². The van der Waals surface area contributed by atoms with Crippen molar-refractivity contribution in [2.45, 2.75) is 32.3 Å². The molecule has 1 amide bonds. The summed E-state index contributed by atoms with van der Waals surface area (Å²) in [5.41, 5.74) is 2.03. The number of hydrogen-bond acceptors (Lipinski definition) is 4. The van der Waals surface area contributed by atoms with Gasteiger partial charge in [0, 0.05) is 25.0 Å². The molecule has 0 saturated carbocycles. The smallest absolute Gasteiger partial charge is 0.227 e. The van der Waals surface area contributed by atoms with E-state index in [0.717, 1.165) is 36.3 Å². The predicted molar refractivity (Wildman–Crippen MR) is 101 cm³/mol. The van der Waals surface area contributed by atoms with Crippen LogP contribution in [0.1, 0.15) is 24.0 Å². The van der Waals surface area contributed by atoms with Gasteiger partial charge < -0.3 is 14.4 Å². The molecule has 26 heavy (non-hydrogen) atoms. The summed E-state index contributed by atoms with van der Waals surface area (Å²) in [4.78, 5) is 18.5. The van der Waals surface area contributed by atoms with Gasteiger partial charge in [0.2, 0.25) is 5.91 Å². The van der Waals surface area contributed by atoms with Crippen molar-refractivity contribution in [3.63, 3.8) is 0 Å². The SMILES string of the molecule is COc1ccc(CC(=O)N2CCCC(Oc3ccncc3Cl)C2)cc1C. The van der Waals surface area contributed by atoms with Crippen LogP contribution in [0.15, 0.2) is 36.7 Å². The van der Waals surface area contributed by atoms with Gasteiger partial charge in [-0.15, -0.1) is 0 Å².